The van der Waals surface area contributed by atoms with Crippen molar-refractivity contribution in [3.8, 4) is 0 Å². The van der Waals surface area contributed by atoms with Gasteiger partial charge in [-0.3, -0.25) is 4.52 Å². The zero-order chi connectivity index (χ0) is 16.4. The molecule has 8 N–H and O–H groups in total. The van der Waals surface area contributed by atoms with Gasteiger partial charge in [0.05, 0.1) is 13.2 Å². The summed E-state index contributed by atoms with van der Waals surface area (Å²) >= 11 is 0. The first kappa shape index (κ1) is 18.9. The summed E-state index contributed by atoms with van der Waals surface area (Å²) in [5.74, 6) is 0. The number of phosphoric ester groups is 1. The molecule has 0 aromatic heterocycles. The molecule has 0 aromatic rings. The van der Waals surface area contributed by atoms with Crippen LogP contribution in [0.1, 0.15) is 0 Å². The van der Waals surface area contributed by atoms with Gasteiger partial charge in [-0.05, 0) is 0 Å². The molecule has 7 atom stereocenters. The van der Waals surface area contributed by atoms with Crippen LogP contribution in [0.2, 0.25) is 0 Å². The van der Waals surface area contributed by atoms with E-state index in [0.29, 0.717) is 0 Å². The second-order valence-corrected chi connectivity index (χ2v) is 5.80. The minimum atomic E-state index is -5.11. The standard InChI is InChI=1S/C9H19O11P/c10-1-3(12)8(20-21(16,17)18)9-7(15)6(14)5(13)4(2-11)19-9/h3-15H,1-2H2,(H2,16,17,18)/t3?,4-,5-,6+,7-,8?,9+/m1/s1. The third-order valence-electron chi connectivity index (χ3n) is 3.08. The predicted octanol–water partition coefficient (Wildman–Crippen LogP) is -4.34. The molecule has 21 heavy (non-hydrogen) atoms. The maximum Gasteiger partial charge on any atom is 0.470 e. The first-order chi connectivity index (χ1) is 9.62. The van der Waals surface area contributed by atoms with Gasteiger partial charge < -0.3 is 45.2 Å². The van der Waals surface area contributed by atoms with Crippen molar-refractivity contribution in [2.75, 3.05) is 13.2 Å². The fourth-order valence-corrected chi connectivity index (χ4v) is 2.59. The zero-order valence-electron chi connectivity index (χ0n) is 10.7. The maximum absolute atomic E-state index is 10.9. The van der Waals surface area contributed by atoms with Gasteiger partial charge in [0.15, 0.2) is 0 Å². The highest BCUT2D eigenvalue weighted by Gasteiger charge is 2.49. The molecular weight excluding hydrogens is 315 g/mol. The molecule has 1 fully saturated rings. The summed E-state index contributed by atoms with van der Waals surface area (Å²) in [6.07, 6.45) is -12.2. The molecule has 0 radical (unpaired) electrons. The Bertz CT molecular complexity index is 371. The molecule has 1 saturated heterocycles. The Morgan fingerprint density at radius 3 is 2.10 bits per heavy atom. The van der Waals surface area contributed by atoms with Crippen molar-refractivity contribution in [1.29, 1.82) is 0 Å². The number of aliphatic hydroxyl groups is 6. The number of phosphoric acid groups is 1. The van der Waals surface area contributed by atoms with Crippen molar-refractivity contribution >= 4 is 7.82 Å². The van der Waals surface area contributed by atoms with Crippen molar-refractivity contribution in [2.24, 2.45) is 0 Å². The van der Waals surface area contributed by atoms with Crippen molar-refractivity contribution in [2.45, 2.75) is 42.7 Å². The van der Waals surface area contributed by atoms with E-state index in [-0.39, 0.29) is 0 Å². The van der Waals surface area contributed by atoms with E-state index in [1.54, 1.807) is 0 Å². The smallest absolute Gasteiger partial charge is 0.394 e. The fraction of sp³-hybridized carbons (Fsp3) is 1.00. The van der Waals surface area contributed by atoms with Gasteiger partial charge in [0.25, 0.3) is 0 Å². The number of hydrogen-bond donors (Lipinski definition) is 8. The SMILES string of the molecule is O=P(O)(O)OC(C(O)CO)[C@H]1O[C@H](CO)[C@@H](O)[C@H](O)[C@H]1O. The monoisotopic (exact) mass is 334 g/mol. The molecule has 126 valence electrons. The van der Waals surface area contributed by atoms with E-state index in [0.717, 1.165) is 0 Å². The number of rotatable bonds is 6. The molecule has 1 heterocycles. The van der Waals surface area contributed by atoms with Gasteiger partial charge in [-0.1, -0.05) is 0 Å². The summed E-state index contributed by atoms with van der Waals surface area (Å²) in [5.41, 5.74) is 0. The Labute approximate surface area is 119 Å². The Morgan fingerprint density at radius 2 is 1.67 bits per heavy atom. The van der Waals surface area contributed by atoms with Crippen molar-refractivity contribution in [3.05, 3.63) is 0 Å². The second kappa shape index (κ2) is 7.40. The van der Waals surface area contributed by atoms with Crippen LogP contribution in [0.3, 0.4) is 0 Å². The molecule has 1 aliphatic heterocycles. The molecule has 1 rings (SSSR count). The van der Waals surface area contributed by atoms with Crippen molar-refractivity contribution in [1.82, 2.24) is 0 Å². The third kappa shape index (κ3) is 4.65. The van der Waals surface area contributed by atoms with Crippen LogP contribution in [-0.2, 0) is 13.8 Å². The quantitative estimate of drug-likeness (QED) is 0.218. The largest absolute Gasteiger partial charge is 0.470 e. The Balaban J connectivity index is 3.01. The highest BCUT2D eigenvalue weighted by atomic mass is 31.2. The van der Waals surface area contributed by atoms with E-state index in [2.05, 4.69) is 4.52 Å². The lowest BCUT2D eigenvalue weighted by atomic mass is 9.91. The second-order valence-electron chi connectivity index (χ2n) is 4.60. The summed E-state index contributed by atoms with van der Waals surface area (Å²) in [6.45, 7) is -1.74. The van der Waals surface area contributed by atoms with Gasteiger partial charge in [-0.25, -0.2) is 4.57 Å². The van der Waals surface area contributed by atoms with E-state index in [4.69, 9.17) is 24.7 Å². The third-order valence-corrected chi connectivity index (χ3v) is 3.60. The van der Waals surface area contributed by atoms with Gasteiger partial charge in [-0.15, -0.1) is 0 Å². The van der Waals surface area contributed by atoms with Crippen LogP contribution in [0.5, 0.6) is 0 Å². The summed E-state index contributed by atoms with van der Waals surface area (Å²) in [6, 6.07) is 0. The minimum absolute atomic E-state index is 0.765. The van der Waals surface area contributed by atoms with Gasteiger partial charge in [-0.2, -0.15) is 0 Å². The first-order valence-corrected chi connectivity index (χ1v) is 7.48. The molecule has 0 amide bonds. The van der Waals surface area contributed by atoms with Crippen molar-refractivity contribution in [3.63, 3.8) is 0 Å². The molecule has 12 heteroatoms. The van der Waals surface area contributed by atoms with Gasteiger partial charge in [0, 0.05) is 0 Å². The lowest BCUT2D eigenvalue weighted by Crippen LogP contribution is -2.63. The van der Waals surface area contributed by atoms with E-state index in [1.807, 2.05) is 0 Å². The van der Waals surface area contributed by atoms with Gasteiger partial charge in [0.2, 0.25) is 0 Å². The first-order valence-electron chi connectivity index (χ1n) is 5.95. The average molecular weight is 334 g/mol. The highest BCUT2D eigenvalue weighted by molar-refractivity contribution is 7.46. The molecule has 0 aromatic carbocycles. The highest BCUT2D eigenvalue weighted by Crippen LogP contribution is 2.41. The molecule has 1 aliphatic rings. The van der Waals surface area contributed by atoms with Crippen LogP contribution in [-0.4, -0.2) is 96.4 Å². The normalized spacial score (nSPS) is 37.2. The van der Waals surface area contributed by atoms with Gasteiger partial charge >= 0.3 is 7.82 Å². The molecular formula is C9H19O11P. The maximum atomic E-state index is 10.9. The molecule has 2 unspecified atom stereocenters. The number of hydrogen-bond acceptors (Lipinski definition) is 9. The number of ether oxygens (including phenoxy) is 1. The summed E-state index contributed by atoms with van der Waals surface area (Å²) in [4.78, 5) is 17.6. The molecule has 0 aliphatic carbocycles. The van der Waals surface area contributed by atoms with Crippen LogP contribution >= 0.6 is 7.82 Å². The lowest BCUT2D eigenvalue weighted by Gasteiger charge is -2.43. The molecule has 0 bridgehead atoms. The minimum Gasteiger partial charge on any atom is -0.394 e. The summed E-state index contributed by atoms with van der Waals surface area (Å²) in [7, 11) is -5.11. The number of aliphatic hydroxyl groups excluding tert-OH is 6. The summed E-state index contributed by atoms with van der Waals surface area (Å²) < 4.78 is 20.2. The molecule has 0 spiro atoms. The summed E-state index contributed by atoms with van der Waals surface area (Å²) in [5, 5.41) is 56.4. The van der Waals surface area contributed by atoms with E-state index < -0.39 is 63.8 Å². The predicted molar refractivity (Wildman–Crippen MR) is 63.8 cm³/mol. The van der Waals surface area contributed by atoms with E-state index >= 15 is 0 Å². The average Bonchev–Trinajstić information content (AvgIpc) is 2.41. The van der Waals surface area contributed by atoms with Crippen LogP contribution in [0, 0.1) is 0 Å². The van der Waals surface area contributed by atoms with Crippen molar-refractivity contribution < 1.29 is 54.3 Å². The lowest BCUT2D eigenvalue weighted by molar-refractivity contribution is -0.256. The topological polar surface area (TPSA) is 197 Å². The molecule has 11 nitrogen and oxygen atoms in total. The fourth-order valence-electron chi connectivity index (χ4n) is 2.01. The van der Waals surface area contributed by atoms with Crippen LogP contribution in [0.4, 0.5) is 0 Å². The Morgan fingerprint density at radius 1 is 1.10 bits per heavy atom. The molecule has 0 saturated carbocycles. The van der Waals surface area contributed by atoms with Gasteiger partial charge in [0.1, 0.15) is 42.7 Å². The van der Waals surface area contributed by atoms with Crippen LogP contribution in [0.25, 0.3) is 0 Å². The van der Waals surface area contributed by atoms with E-state index in [9.17, 15) is 25.0 Å². The van der Waals surface area contributed by atoms with Crippen LogP contribution < -0.4 is 0 Å². The zero-order valence-corrected chi connectivity index (χ0v) is 11.6. The van der Waals surface area contributed by atoms with E-state index in [1.165, 1.54) is 0 Å². The Hall–Kier alpha value is -0.170. The van der Waals surface area contributed by atoms with Crippen LogP contribution in [0.15, 0.2) is 0 Å². The Kier molecular flexibility index (Phi) is 6.65.